The fourth-order valence-corrected chi connectivity index (χ4v) is 3.80. The van der Waals surface area contributed by atoms with Gasteiger partial charge in [0.15, 0.2) is 0 Å². The predicted molar refractivity (Wildman–Crippen MR) is 98.1 cm³/mol. The molecule has 0 radical (unpaired) electrons. The predicted octanol–water partition coefficient (Wildman–Crippen LogP) is 1.39. The number of nitrogens with zero attached hydrogens (tertiary/aromatic N) is 2. The Hall–Kier alpha value is -2.70. The minimum absolute atomic E-state index is 0.170. The van der Waals surface area contributed by atoms with Crippen molar-refractivity contribution in [3.63, 3.8) is 0 Å². The monoisotopic (exact) mass is 366 g/mol. The number of piperazine rings is 1. The van der Waals surface area contributed by atoms with E-state index in [4.69, 9.17) is 4.74 Å². The highest BCUT2D eigenvalue weighted by atomic mass is 16.5. The quantitative estimate of drug-likeness (QED) is 0.868. The van der Waals surface area contributed by atoms with E-state index in [1.165, 1.54) is 4.90 Å². The molecule has 140 valence electrons. The third-order valence-corrected chi connectivity index (χ3v) is 5.19. The number of carbonyl (C=O) groups is 2. The highest BCUT2D eigenvalue weighted by molar-refractivity contribution is 5.96. The van der Waals surface area contributed by atoms with Crippen molar-refractivity contribution in [3.8, 4) is 0 Å². The lowest BCUT2D eigenvalue weighted by molar-refractivity contribution is -0.176. The van der Waals surface area contributed by atoms with Gasteiger partial charge in [0.25, 0.3) is 5.91 Å². The van der Waals surface area contributed by atoms with Crippen LogP contribution in [0, 0.1) is 5.92 Å². The lowest BCUT2D eigenvalue weighted by atomic mass is 9.96. The van der Waals surface area contributed by atoms with E-state index in [1.54, 1.807) is 4.90 Å². The van der Waals surface area contributed by atoms with Crippen LogP contribution in [0.4, 0.5) is 0 Å². The molecule has 3 aliphatic rings. The summed E-state index contributed by atoms with van der Waals surface area (Å²) in [6, 6.07) is 18.4. The molecule has 3 fully saturated rings. The van der Waals surface area contributed by atoms with Crippen LogP contribution in [0.2, 0.25) is 0 Å². The molecule has 2 bridgehead atoms. The molecule has 27 heavy (non-hydrogen) atoms. The molecule has 0 saturated carbocycles. The van der Waals surface area contributed by atoms with Gasteiger partial charge in [-0.15, -0.1) is 0 Å². The zero-order valence-electron chi connectivity index (χ0n) is 14.9. The first-order chi connectivity index (χ1) is 13.2. The first kappa shape index (κ1) is 17.7. The van der Waals surface area contributed by atoms with Gasteiger partial charge in [0.1, 0.15) is 6.04 Å². The highest BCUT2D eigenvalue weighted by Crippen LogP contribution is 2.31. The van der Waals surface area contributed by atoms with Crippen molar-refractivity contribution in [1.82, 2.24) is 9.80 Å². The van der Waals surface area contributed by atoms with Crippen molar-refractivity contribution in [2.45, 2.75) is 25.4 Å². The first-order valence-electron chi connectivity index (χ1n) is 9.10. The van der Waals surface area contributed by atoms with Gasteiger partial charge in [-0.1, -0.05) is 60.7 Å². The smallest absolute Gasteiger partial charge is 0.273 e. The summed E-state index contributed by atoms with van der Waals surface area (Å²) < 4.78 is 5.79. The Kier molecular flexibility index (Phi) is 4.92. The summed E-state index contributed by atoms with van der Waals surface area (Å²) in [7, 11) is 0. The van der Waals surface area contributed by atoms with Crippen LogP contribution in [0.15, 0.2) is 60.7 Å². The van der Waals surface area contributed by atoms with Crippen molar-refractivity contribution >= 4 is 11.8 Å². The van der Waals surface area contributed by atoms with Gasteiger partial charge in [-0.2, -0.15) is 0 Å². The van der Waals surface area contributed by atoms with Gasteiger partial charge in [-0.25, -0.2) is 0 Å². The van der Waals surface area contributed by atoms with Crippen molar-refractivity contribution in [1.29, 1.82) is 0 Å². The molecule has 0 aliphatic carbocycles. The second-order valence-electron chi connectivity index (χ2n) is 6.98. The minimum atomic E-state index is -0.950. The fourth-order valence-electron chi connectivity index (χ4n) is 3.80. The summed E-state index contributed by atoms with van der Waals surface area (Å²) >= 11 is 0. The van der Waals surface area contributed by atoms with E-state index in [2.05, 4.69) is 0 Å². The van der Waals surface area contributed by atoms with Gasteiger partial charge >= 0.3 is 0 Å². The van der Waals surface area contributed by atoms with Crippen LogP contribution < -0.4 is 0 Å². The zero-order chi connectivity index (χ0) is 18.8. The van der Waals surface area contributed by atoms with Gasteiger partial charge in [0.05, 0.1) is 13.2 Å². The highest BCUT2D eigenvalue weighted by Gasteiger charge is 2.52. The van der Waals surface area contributed by atoms with Crippen LogP contribution in [-0.2, 0) is 27.4 Å². The molecule has 0 aromatic heterocycles. The van der Waals surface area contributed by atoms with E-state index in [9.17, 15) is 14.7 Å². The maximum atomic E-state index is 13.3. The third-order valence-electron chi connectivity index (χ3n) is 5.19. The van der Waals surface area contributed by atoms with Crippen LogP contribution in [-0.4, -0.2) is 52.2 Å². The standard InChI is InChI=1S/C21H22N2O4/c24-13-17-14-27-21-20(26)22(11-15-7-3-1-4-8-15)18(17)19(25)23(21)12-16-9-5-2-6-10-16/h1-10,17-18,21,24H,11-14H2/t17-,18+,21?/m1/s1. The SMILES string of the molecule is O=C1[C@@H]2[C@H](CO)COC(C(=O)N2Cc2ccccc2)N1Cc1ccccc1. The molecule has 5 rings (SSSR count). The molecule has 6 nitrogen and oxygen atoms in total. The summed E-state index contributed by atoms with van der Waals surface area (Å²) in [6.45, 7) is 0.607. The van der Waals surface area contributed by atoms with Crippen LogP contribution in [0.25, 0.3) is 0 Å². The average Bonchev–Trinajstić information content (AvgIpc) is 2.92. The van der Waals surface area contributed by atoms with Crippen molar-refractivity contribution < 1.29 is 19.4 Å². The molecule has 2 aromatic rings. The molecular formula is C21H22N2O4. The first-order valence-corrected chi connectivity index (χ1v) is 9.10. The molecule has 1 unspecified atom stereocenters. The lowest BCUT2D eigenvalue weighted by Crippen LogP contribution is -2.64. The number of benzene rings is 2. The number of aliphatic hydroxyl groups is 1. The number of hydrogen-bond acceptors (Lipinski definition) is 4. The van der Waals surface area contributed by atoms with Gasteiger partial charge in [-0.3, -0.25) is 9.59 Å². The number of hydrogen-bond donors (Lipinski definition) is 1. The Labute approximate surface area is 158 Å². The Bertz CT molecular complexity index is 811. The fraction of sp³-hybridized carbons (Fsp3) is 0.333. The average molecular weight is 366 g/mol. The lowest BCUT2D eigenvalue weighted by Gasteiger charge is -2.42. The molecule has 0 spiro atoms. The van der Waals surface area contributed by atoms with Crippen molar-refractivity contribution in [3.05, 3.63) is 71.8 Å². The van der Waals surface area contributed by atoms with Crippen LogP contribution in [0.5, 0.6) is 0 Å². The van der Waals surface area contributed by atoms with E-state index in [-0.39, 0.29) is 25.0 Å². The molecule has 3 atom stereocenters. The number of aliphatic hydroxyl groups excluding tert-OH is 1. The second-order valence-corrected chi connectivity index (χ2v) is 6.98. The largest absolute Gasteiger partial charge is 0.396 e. The summed E-state index contributed by atoms with van der Waals surface area (Å²) in [5, 5.41) is 9.81. The zero-order valence-corrected chi connectivity index (χ0v) is 14.9. The van der Waals surface area contributed by atoms with Gasteiger partial charge in [0, 0.05) is 19.0 Å². The molecule has 3 heterocycles. The van der Waals surface area contributed by atoms with Crippen molar-refractivity contribution in [2.24, 2.45) is 5.92 Å². The van der Waals surface area contributed by atoms with E-state index >= 15 is 0 Å². The summed E-state index contributed by atoms with van der Waals surface area (Å²) in [6.07, 6.45) is -0.950. The molecule has 3 saturated heterocycles. The van der Waals surface area contributed by atoms with E-state index in [1.807, 2.05) is 60.7 Å². The third kappa shape index (κ3) is 3.34. The number of rotatable bonds is 5. The Morgan fingerprint density at radius 2 is 1.41 bits per heavy atom. The maximum Gasteiger partial charge on any atom is 0.273 e. The maximum absolute atomic E-state index is 13.3. The molecule has 2 amide bonds. The Morgan fingerprint density at radius 3 is 1.96 bits per heavy atom. The van der Waals surface area contributed by atoms with Crippen LogP contribution >= 0.6 is 0 Å². The Balaban J connectivity index is 1.65. The number of amides is 2. The Morgan fingerprint density at radius 1 is 0.852 bits per heavy atom. The van der Waals surface area contributed by atoms with E-state index in [0.29, 0.717) is 13.1 Å². The van der Waals surface area contributed by atoms with Crippen molar-refractivity contribution in [2.75, 3.05) is 13.2 Å². The number of carbonyl (C=O) groups excluding carboxylic acids is 2. The molecular weight excluding hydrogens is 344 g/mol. The van der Waals surface area contributed by atoms with E-state index in [0.717, 1.165) is 11.1 Å². The number of ether oxygens (including phenoxy) is 1. The van der Waals surface area contributed by atoms with Crippen LogP contribution in [0.1, 0.15) is 11.1 Å². The van der Waals surface area contributed by atoms with Gasteiger partial charge < -0.3 is 19.6 Å². The topological polar surface area (TPSA) is 70.1 Å². The van der Waals surface area contributed by atoms with Crippen LogP contribution in [0.3, 0.4) is 0 Å². The van der Waals surface area contributed by atoms with Gasteiger partial charge in [-0.05, 0) is 11.1 Å². The normalized spacial score (nSPS) is 25.0. The summed E-state index contributed by atoms with van der Waals surface area (Å²) in [4.78, 5) is 29.5. The summed E-state index contributed by atoms with van der Waals surface area (Å²) in [5.41, 5.74) is 1.88. The molecule has 2 aromatic carbocycles. The second kappa shape index (κ2) is 7.50. The number of fused-ring (bicyclic) bond motifs is 4. The van der Waals surface area contributed by atoms with E-state index < -0.39 is 18.2 Å². The molecule has 3 aliphatic heterocycles. The molecule has 1 N–H and O–H groups in total. The molecule has 6 heteroatoms. The van der Waals surface area contributed by atoms with Gasteiger partial charge in [0.2, 0.25) is 12.1 Å². The minimum Gasteiger partial charge on any atom is -0.396 e. The summed E-state index contributed by atoms with van der Waals surface area (Å²) in [5.74, 6) is -0.831.